The van der Waals surface area contributed by atoms with E-state index in [1.54, 1.807) is 0 Å². The Hall–Kier alpha value is -0.130. The quantitative estimate of drug-likeness (QED) is 0.642. The first-order valence-corrected chi connectivity index (χ1v) is 7.93. The molecule has 0 bridgehead atoms. The van der Waals surface area contributed by atoms with Gasteiger partial charge in [-0.05, 0) is 44.2 Å². The first-order valence-electron chi connectivity index (χ1n) is 6.11. The Morgan fingerprint density at radius 1 is 1.44 bits per heavy atom. The summed E-state index contributed by atoms with van der Waals surface area (Å²) in [6, 6.07) is 0. The smallest absolute Gasteiger partial charge is 0.150 e. The third kappa shape index (κ3) is 4.39. The lowest BCUT2D eigenvalue weighted by Gasteiger charge is -2.20. The van der Waals surface area contributed by atoms with Crippen molar-refractivity contribution in [3.63, 3.8) is 0 Å². The second-order valence-electron chi connectivity index (χ2n) is 4.64. The minimum Gasteiger partial charge on any atom is -0.396 e. The molecule has 2 atom stereocenters. The molecule has 1 saturated heterocycles. The number of nitrogens with one attached hydrogen (secondary N) is 1. The molecule has 96 valence electrons. The van der Waals surface area contributed by atoms with Crippen molar-refractivity contribution in [3.8, 4) is 0 Å². The summed E-state index contributed by atoms with van der Waals surface area (Å²) in [4.78, 5) is 0. The van der Waals surface area contributed by atoms with Crippen molar-refractivity contribution in [2.24, 2.45) is 11.8 Å². The first-order chi connectivity index (χ1) is 7.59. The standard InChI is InChI=1S/C11H23NO3S/c1-2-5-12-6-3-10(8-13)11-4-7-16(14,15)9-11/h10-13H,2-9H2,1H3. The number of hydrogen-bond donors (Lipinski definition) is 2. The molecule has 0 radical (unpaired) electrons. The van der Waals surface area contributed by atoms with Crippen LogP contribution in [0.15, 0.2) is 0 Å². The van der Waals surface area contributed by atoms with E-state index in [0.29, 0.717) is 5.75 Å². The molecule has 0 saturated carbocycles. The highest BCUT2D eigenvalue weighted by Crippen LogP contribution is 2.27. The summed E-state index contributed by atoms with van der Waals surface area (Å²) in [7, 11) is -2.82. The van der Waals surface area contributed by atoms with Gasteiger partial charge in [0.1, 0.15) is 0 Å². The van der Waals surface area contributed by atoms with E-state index in [2.05, 4.69) is 12.2 Å². The van der Waals surface area contributed by atoms with Crippen molar-refractivity contribution in [2.45, 2.75) is 26.2 Å². The fraction of sp³-hybridized carbons (Fsp3) is 1.00. The lowest BCUT2D eigenvalue weighted by Crippen LogP contribution is -2.25. The van der Waals surface area contributed by atoms with Crippen LogP contribution in [0.25, 0.3) is 0 Å². The summed E-state index contributed by atoms with van der Waals surface area (Å²) < 4.78 is 22.7. The minimum absolute atomic E-state index is 0.105. The Labute approximate surface area is 98.4 Å². The molecule has 4 nitrogen and oxygen atoms in total. The normalized spacial score (nSPS) is 25.8. The van der Waals surface area contributed by atoms with Gasteiger partial charge >= 0.3 is 0 Å². The summed E-state index contributed by atoms with van der Waals surface area (Å²) >= 11 is 0. The second kappa shape index (κ2) is 6.57. The topological polar surface area (TPSA) is 66.4 Å². The number of sulfone groups is 1. The predicted molar refractivity (Wildman–Crippen MR) is 65.1 cm³/mol. The van der Waals surface area contributed by atoms with Gasteiger partial charge in [-0.1, -0.05) is 6.92 Å². The highest BCUT2D eigenvalue weighted by atomic mass is 32.2. The molecule has 0 spiro atoms. The predicted octanol–water partition coefficient (Wildman–Crippen LogP) is 0.419. The second-order valence-corrected chi connectivity index (χ2v) is 6.87. The molecule has 0 amide bonds. The average Bonchev–Trinajstić information content (AvgIpc) is 2.59. The third-order valence-electron chi connectivity index (χ3n) is 3.29. The Morgan fingerprint density at radius 2 is 2.19 bits per heavy atom. The molecule has 1 aliphatic rings. The van der Waals surface area contributed by atoms with Gasteiger partial charge in [0.05, 0.1) is 11.5 Å². The zero-order chi connectivity index (χ0) is 12.0. The van der Waals surface area contributed by atoms with Crippen LogP contribution in [0.1, 0.15) is 26.2 Å². The van der Waals surface area contributed by atoms with Gasteiger partial charge in [-0.25, -0.2) is 8.42 Å². The van der Waals surface area contributed by atoms with Crippen LogP contribution < -0.4 is 5.32 Å². The Kier molecular flexibility index (Phi) is 5.72. The van der Waals surface area contributed by atoms with Crippen LogP contribution in [0.4, 0.5) is 0 Å². The molecule has 0 aliphatic carbocycles. The fourth-order valence-corrected chi connectivity index (χ4v) is 4.18. The highest BCUT2D eigenvalue weighted by Gasteiger charge is 2.32. The highest BCUT2D eigenvalue weighted by molar-refractivity contribution is 7.91. The molecule has 1 heterocycles. The van der Waals surface area contributed by atoms with Gasteiger partial charge in [0, 0.05) is 6.61 Å². The molecule has 5 heteroatoms. The fourth-order valence-electron chi connectivity index (χ4n) is 2.26. The van der Waals surface area contributed by atoms with E-state index < -0.39 is 9.84 Å². The SMILES string of the molecule is CCCNCCC(CO)C1CCS(=O)(=O)C1. The van der Waals surface area contributed by atoms with Gasteiger partial charge in [-0.3, -0.25) is 0 Å². The van der Waals surface area contributed by atoms with E-state index in [9.17, 15) is 13.5 Å². The Balaban J connectivity index is 2.31. The van der Waals surface area contributed by atoms with Gasteiger partial charge in [0.2, 0.25) is 0 Å². The number of aliphatic hydroxyl groups is 1. The zero-order valence-corrected chi connectivity index (χ0v) is 10.8. The Morgan fingerprint density at radius 3 is 2.69 bits per heavy atom. The van der Waals surface area contributed by atoms with Gasteiger partial charge in [0.15, 0.2) is 9.84 Å². The van der Waals surface area contributed by atoms with E-state index >= 15 is 0 Å². The van der Waals surface area contributed by atoms with Crippen LogP contribution in [-0.4, -0.2) is 44.7 Å². The van der Waals surface area contributed by atoms with E-state index in [-0.39, 0.29) is 24.2 Å². The zero-order valence-electron chi connectivity index (χ0n) is 9.98. The molecule has 2 N–H and O–H groups in total. The van der Waals surface area contributed by atoms with Crippen LogP contribution >= 0.6 is 0 Å². The maximum Gasteiger partial charge on any atom is 0.150 e. The van der Waals surface area contributed by atoms with Crippen LogP contribution in [0.3, 0.4) is 0 Å². The van der Waals surface area contributed by atoms with Gasteiger partial charge in [-0.2, -0.15) is 0 Å². The van der Waals surface area contributed by atoms with Gasteiger partial charge in [0.25, 0.3) is 0 Å². The number of aliphatic hydroxyl groups excluding tert-OH is 1. The molecule has 0 aromatic heterocycles. The molecular weight excluding hydrogens is 226 g/mol. The molecular formula is C11H23NO3S. The van der Waals surface area contributed by atoms with E-state index in [4.69, 9.17) is 0 Å². The van der Waals surface area contributed by atoms with Crippen LogP contribution in [0, 0.1) is 11.8 Å². The van der Waals surface area contributed by atoms with E-state index in [0.717, 1.165) is 32.4 Å². The largest absolute Gasteiger partial charge is 0.396 e. The third-order valence-corrected chi connectivity index (χ3v) is 5.08. The average molecular weight is 249 g/mol. The van der Waals surface area contributed by atoms with Crippen LogP contribution in [-0.2, 0) is 9.84 Å². The van der Waals surface area contributed by atoms with Crippen molar-refractivity contribution in [1.82, 2.24) is 5.32 Å². The van der Waals surface area contributed by atoms with Crippen molar-refractivity contribution in [2.75, 3.05) is 31.2 Å². The number of rotatable bonds is 7. The molecule has 1 rings (SSSR count). The van der Waals surface area contributed by atoms with Crippen molar-refractivity contribution in [3.05, 3.63) is 0 Å². The summed E-state index contributed by atoms with van der Waals surface area (Å²) in [5.74, 6) is 0.878. The summed E-state index contributed by atoms with van der Waals surface area (Å²) in [5, 5.41) is 12.6. The van der Waals surface area contributed by atoms with Crippen LogP contribution in [0.5, 0.6) is 0 Å². The monoisotopic (exact) mass is 249 g/mol. The maximum absolute atomic E-state index is 11.3. The van der Waals surface area contributed by atoms with Gasteiger partial charge in [-0.15, -0.1) is 0 Å². The summed E-state index contributed by atoms with van der Waals surface area (Å²) in [5.41, 5.74) is 0. The lowest BCUT2D eigenvalue weighted by atomic mass is 9.90. The summed E-state index contributed by atoms with van der Waals surface area (Å²) in [6.45, 7) is 4.07. The minimum atomic E-state index is -2.82. The van der Waals surface area contributed by atoms with Crippen LogP contribution in [0.2, 0.25) is 0 Å². The molecule has 2 unspecified atom stereocenters. The molecule has 16 heavy (non-hydrogen) atoms. The summed E-state index contributed by atoms with van der Waals surface area (Å²) in [6.07, 6.45) is 2.69. The van der Waals surface area contributed by atoms with Crippen molar-refractivity contribution < 1.29 is 13.5 Å². The van der Waals surface area contributed by atoms with Gasteiger partial charge < -0.3 is 10.4 Å². The van der Waals surface area contributed by atoms with Crippen molar-refractivity contribution in [1.29, 1.82) is 0 Å². The molecule has 0 aromatic rings. The number of hydrogen-bond acceptors (Lipinski definition) is 4. The Bertz CT molecular complexity index is 290. The lowest BCUT2D eigenvalue weighted by molar-refractivity contribution is 0.175. The molecule has 1 aliphatic heterocycles. The maximum atomic E-state index is 11.3. The van der Waals surface area contributed by atoms with Crippen molar-refractivity contribution >= 4 is 9.84 Å². The van der Waals surface area contributed by atoms with E-state index in [1.165, 1.54) is 0 Å². The molecule has 1 fully saturated rings. The van der Waals surface area contributed by atoms with E-state index in [1.807, 2.05) is 0 Å². The first kappa shape index (κ1) is 13.9. The molecule has 0 aromatic carbocycles.